The van der Waals surface area contributed by atoms with E-state index in [1.807, 2.05) is 73.7 Å². The maximum Gasteiger partial charge on any atom is 0.247 e. The number of amides is 1. The molecular formula is C28H28FN5O. The van der Waals surface area contributed by atoms with Gasteiger partial charge >= 0.3 is 0 Å². The van der Waals surface area contributed by atoms with Crippen molar-refractivity contribution in [3.63, 3.8) is 0 Å². The summed E-state index contributed by atoms with van der Waals surface area (Å²) in [5.74, 6) is 0.630. The fourth-order valence-corrected chi connectivity index (χ4v) is 3.68. The van der Waals surface area contributed by atoms with Crippen molar-refractivity contribution >= 4 is 23.4 Å². The summed E-state index contributed by atoms with van der Waals surface area (Å²) in [6.07, 6.45) is 1.20. The summed E-state index contributed by atoms with van der Waals surface area (Å²) < 4.78 is 13.1. The lowest BCUT2D eigenvalue weighted by atomic mass is 10.0. The van der Waals surface area contributed by atoms with Gasteiger partial charge in [0.05, 0.1) is 0 Å². The van der Waals surface area contributed by atoms with E-state index in [1.165, 1.54) is 12.1 Å². The van der Waals surface area contributed by atoms with E-state index in [4.69, 9.17) is 0 Å². The van der Waals surface area contributed by atoms with Crippen LogP contribution in [0.4, 0.5) is 21.8 Å². The Morgan fingerprint density at radius 1 is 0.886 bits per heavy atom. The maximum absolute atomic E-state index is 13.2. The summed E-state index contributed by atoms with van der Waals surface area (Å²) in [7, 11) is 0. The van der Waals surface area contributed by atoms with Crippen molar-refractivity contribution in [1.29, 1.82) is 0 Å². The van der Waals surface area contributed by atoms with E-state index in [1.54, 1.807) is 12.1 Å². The van der Waals surface area contributed by atoms with Crippen LogP contribution in [0.15, 0.2) is 91.0 Å². The van der Waals surface area contributed by atoms with Gasteiger partial charge in [0.1, 0.15) is 17.7 Å². The molecule has 1 aromatic heterocycles. The monoisotopic (exact) mass is 469 g/mol. The summed E-state index contributed by atoms with van der Waals surface area (Å²) >= 11 is 0. The normalized spacial score (nSPS) is 11.5. The average molecular weight is 470 g/mol. The van der Waals surface area contributed by atoms with E-state index >= 15 is 0 Å². The summed E-state index contributed by atoms with van der Waals surface area (Å²) in [5.41, 5.74) is 3.56. The van der Waals surface area contributed by atoms with Gasteiger partial charge in [-0.25, -0.2) is 9.37 Å². The molecule has 1 heterocycles. The van der Waals surface area contributed by atoms with Crippen LogP contribution in [0.1, 0.15) is 16.8 Å². The predicted octanol–water partition coefficient (Wildman–Crippen LogP) is 5.24. The van der Waals surface area contributed by atoms with Gasteiger partial charge in [-0.05, 0) is 48.7 Å². The molecule has 7 heteroatoms. The van der Waals surface area contributed by atoms with Gasteiger partial charge in [0.25, 0.3) is 0 Å². The second kappa shape index (κ2) is 11.7. The number of hydrogen-bond donors (Lipinski definition) is 3. The fourth-order valence-electron chi connectivity index (χ4n) is 3.68. The molecule has 0 aliphatic rings. The lowest BCUT2D eigenvalue weighted by molar-refractivity contribution is -0.116. The number of aromatic nitrogens is 2. The molecule has 0 saturated heterocycles. The van der Waals surface area contributed by atoms with Gasteiger partial charge in [-0.15, -0.1) is 0 Å². The molecule has 178 valence electrons. The van der Waals surface area contributed by atoms with E-state index in [-0.39, 0.29) is 11.7 Å². The third-order valence-electron chi connectivity index (χ3n) is 5.43. The first-order valence-electron chi connectivity index (χ1n) is 11.6. The van der Waals surface area contributed by atoms with Crippen LogP contribution in [0.2, 0.25) is 0 Å². The van der Waals surface area contributed by atoms with Crippen molar-refractivity contribution in [2.24, 2.45) is 0 Å². The number of anilines is 3. The Kier molecular flexibility index (Phi) is 8.01. The third kappa shape index (κ3) is 7.37. The second-order valence-corrected chi connectivity index (χ2v) is 8.26. The molecule has 0 radical (unpaired) electrons. The van der Waals surface area contributed by atoms with Crippen molar-refractivity contribution in [1.82, 2.24) is 9.97 Å². The van der Waals surface area contributed by atoms with Crippen molar-refractivity contribution in [2.75, 3.05) is 22.5 Å². The number of rotatable bonds is 10. The summed E-state index contributed by atoms with van der Waals surface area (Å²) in [6, 6.07) is 27.0. The zero-order valence-electron chi connectivity index (χ0n) is 19.5. The van der Waals surface area contributed by atoms with Gasteiger partial charge in [-0.2, -0.15) is 4.98 Å². The molecule has 0 unspecified atom stereocenters. The molecule has 35 heavy (non-hydrogen) atoms. The molecule has 1 amide bonds. The molecule has 3 N–H and O–H groups in total. The Bertz CT molecular complexity index is 1230. The molecule has 4 aromatic rings. The number of halogens is 1. The number of benzene rings is 3. The number of nitrogens with zero attached hydrogens (tertiary/aromatic N) is 2. The molecule has 0 saturated carbocycles. The Morgan fingerprint density at radius 3 is 2.29 bits per heavy atom. The van der Waals surface area contributed by atoms with Crippen molar-refractivity contribution < 1.29 is 9.18 Å². The van der Waals surface area contributed by atoms with Crippen molar-refractivity contribution in [3.8, 4) is 0 Å². The number of carbonyl (C=O) groups excluding carboxylic acids is 1. The number of hydrogen-bond acceptors (Lipinski definition) is 5. The van der Waals surface area contributed by atoms with Crippen LogP contribution >= 0.6 is 0 Å². The summed E-state index contributed by atoms with van der Waals surface area (Å²) in [4.78, 5) is 22.2. The molecular weight excluding hydrogens is 441 g/mol. The van der Waals surface area contributed by atoms with Crippen LogP contribution in [-0.4, -0.2) is 28.5 Å². The Balaban J connectivity index is 1.46. The molecule has 0 fully saturated rings. The first kappa shape index (κ1) is 23.9. The third-order valence-corrected chi connectivity index (χ3v) is 5.43. The highest BCUT2D eigenvalue weighted by atomic mass is 19.1. The quantitative estimate of drug-likeness (QED) is 0.296. The maximum atomic E-state index is 13.2. The lowest BCUT2D eigenvalue weighted by Gasteiger charge is -2.20. The lowest BCUT2D eigenvalue weighted by Crippen LogP contribution is -2.37. The SMILES string of the molecule is Cc1cc(N[C@@H](Cc2ccccc2)C(=O)Nc2ccccc2)nc(NCCc2ccc(F)cc2)n1. The number of nitrogens with one attached hydrogen (secondary N) is 3. The highest BCUT2D eigenvalue weighted by molar-refractivity contribution is 5.96. The van der Waals surface area contributed by atoms with E-state index in [2.05, 4.69) is 25.9 Å². The van der Waals surface area contributed by atoms with Gasteiger partial charge in [0.2, 0.25) is 11.9 Å². The minimum absolute atomic E-state index is 0.151. The zero-order valence-corrected chi connectivity index (χ0v) is 19.5. The standard InChI is InChI=1S/C28H28FN5O/c1-20-18-26(34-28(31-20)30-17-16-21-12-14-23(29)15-13-21)33-25(19-22-8-4-2-5-9-22)27(35)32-24-10-6-3-7-11-24/h2-15,18,25H,16-17,19H2,1H3,(H,32,35)(H2,30,31,33,34)/t25-/m0/s1. The zero-order chi connectivity index (χ0) is 24.5. The summed E-state index contributed by atoms with van der Waals surface area (Å²) in [5, 5.41) is 9.50. The van der Waals surface area contributed by atoms with Gasteiger partial charge in [-0.3, -0.25) is 4.79 Å². The second-order valence-electron chi connectivity index (χ2n) is 8.26. The molecule has 0 aliphatic heterocycles. The predicted molar refractivity (Wildman–Crippen MR) is 138 cm³/mol. The minimum atomic E-state index is -0.543. The Morgan fingerprint density at radius 2 is 1.57 bits per heavy atom. The smallest absolute Gasteiger partial charge is 0.247 e. The van der Waals surface area contributed by atoms with E-state index < -0.39 is 6.04 Å². The van der Waals surface area contributed by atoms with Gasteiger partial charge in [-0.1, -0.05) is 60.7 Å². The summed E-state index contributed by atoms with van der Waals surface area (Å²) in [6.45, 7) is 2.48. The molecule has 3 aromatic carbocycles. The molecule has 6 nitrogen and oxygen atoms in total. The minimum Gasteiger partial charge on any atom is -0.358 e. The van der Waals surface area contributed by atoms with Crippen LogP contribution in [-0.2, 0) is 17.6 Å². The topological polar surface area (TPSA) is 78.9 Å². The fraction of sp³-hybridized carbons (Fsp3) is 0.179. The molecule has 4 rings (SSSR count). The van der Waals surface area contributed by atoms with E-state index in [0.717, 1.165) is 22.5 Å². The molecule has 0 aliphatic carbocycles. The van der Waals surface area contributed by atoms with Gasteiger partial charge in [0.15, 0.2) is 0 Å². The molecule has 0 spiro atoms. The highest BCUT2D eigenvalue weighted by Gasteiger charge is 2.20. The molecule has 1 atom stereocenters. The van der Waals surface area contributed by atoms with Crippen LogP contribution in [0, 0.1) is 12.7 Å². The van der Waals surface area contributed by atoms with Crippen LogP contribution in [0.3, 0.4) is 0 Å². The number of carbonyl (C=O) groups is 1. The highest BCUT2D eigenvalue weighted by Crippen LogP contribution is 2.15. The first-order chi connectivity index (χ1) is 17.0. The van der Waals surface area contributed by atoms with Crippen molar-refractivity contribution in [2.45, 2.75) is 25.8 Å². The largest absolute Gasteiger partial charge is 0.358 e. The number of para-hydroxylation sites is 1. The molecule has 0 bridgehead atoms. The van der Waals surface area contributed by atoms with Crippen LogP contribution in [0.25, 0.3) is 0 Å². The van der Waals surface area contributed by atoms with Gasteiger partial charge < -0.3 is 16.0 Å². The van der Waals surface area contributed by atoms with E-state index in [9.17, 15) is 9.18 Å². The first-order valence-corrected chi connectivity index (χ1v) is 11.6. The van der Waals surface area contributed by atoms with Crippen molar-refractivity contribution in [3.05, 3.63) is 114 Å². The average Bonchev–Trinajstić information content (AvgIpc) is 2.86. The van der Waals surface area contributed by atoms with Crippen LogP contribution in [0.5, 0.6) is 0 Å². The Labute approximate surface area is 204 Å². The van der Waals surface area contributed by atoms with E-state index in [0.29, 0.717) is 31.2 Å². The Hall–Kier alpha value is -4.26. The van der Waals surface area contributed by atoms with Gasteiger partial charge in [0, 0.05) is 30.4 Å². The van der Waals surface area contributed by atoms with Crippen LogP contribution < -0.4 is 16.0 Å². The number of aryl methyl sites for hydroxylation is 1.